The van der Waals surface area contributed by atoms with Gasteiger partial charge in [0, 0.05) is 5.69 Å². The number of phenols is 1. The van der Waals surface area contributed by atoms with Crippen LogP contribution in [0.4, 0.5) is 5.69 Å². The van der Waals surface area contributed by atoms with Crippen LogP contribution in [0, 0.1) is 25.2 Å². The summed E-state index contributed by atoms with van der Waals surface area (Å²) in [4.78, 5) is 12.3. The standard InChI is InChI=1S/C18H15BrN2O2/c1-11-3-5-16(12(2)7-11)21-18(23)14(10-20)8-13-4-6-17(22)15(19)9-13/h3-9,22H,1-2H3,(H,21,23)/b14-8+. The average molecular weight is 371 g/mol. The highest BCUT2D eigenvalue weighted by Crippen LogP contribution is 2.25. The van der Waals surface area contributed by atoms with Gasteiger partial charge in [-0.3, -0.25) is 4.79 Å². The molecule has 2 aromatic carbocycles. The maximum atomic E-state index is 12.3. The molecule has 0 saturated heterocycles. The van der Waals surface area contributed by atoms with Crippen molar-refractivity contribution >= 4 is 33.6 Å². The number of carbonyl (C=O) groups excluding carboxylic acids is 1. The molecule has 0 atom stereocenters. The highest BCUT2D eigenvalue weighted by molar-refractivity contribution is 9.10. The number of anilines is 1. The van der Waals surface area contributed by atoms with Gasteiger partial charge in [-0.15, -0.1) is 0 Å². The summed E-state index contributed by atoms with van der Waals surface area (Å²) in [6.07, 6.45) is 1.48. The first-order chi connectivity index (χ1) is 10.9. The minimum absolute atomic E-state index is 0.0115. The Bertz CT molecular complexity index is 835. The number of benzene rings is 2. The Hall–Kier alpha value is -2.58. The van der Waals surface area contributed by atoms with Crippen molar-refractivity contribution in [1.29, 1.82) is 5.26 Å². The molecule has 5 heteroatoms. The molecule has 0 aliphatic rings. The van der Waals surface area contributed by atoms with Crippen LogP contribution in [0.15, 0.2) is 46.4 Å². The number of aryl methyl sites for hydroxylation is 2. The summed E-state index contributed by atoms with van der Waals surface area (Å²) in [7, 11) is 0. The molecule has 4 nitrogen and oxygen atoms in total. The molecule has 0 aromatic heterocycles. The van der Waals surface area contributed by atoms with E-state index in [1.807, 2.05) is 38.1 Å². The topological polar surface area (TPSA) is 73.1 Å². The van der Waals surface area contributed by atoms with Crippen molar-refractivity contribution in [3.63, 3.8) is 0 Å². The fraction of sp³-hybridized carbons (Fsp3) is 0.111. The van der Waals surface area contributed by atoms with Gasteiger partial charge in [0.25, 0.3) is 5.91 Å². The lowest BCUT2D eigenvalue weighted by atomic mass is 10.1. The van der Waals surface area contributed by atoms with Crippen molar-refractivity contribution in [3.8, 4) is 11.8 Å². The van der Waals surface area contributed by atoms with Gasteiger partial charge in [0.1, 0.15) is 17.4 Å². The van der Waals surface area contributed by atoms with E-state index in [4.69, 9.17) is 0 Å². The maximum absolute atomic E-state index is 12.3. The molecule has 0 heterocycles. The smallest absolute Gasteiger partial charge is 0.266 e. The number of aromatic hydroxyl groups is 1. The van der Waals surface area contributed by atoms with Crippen LogP contribution in [0.5, 0.6) is 5.75 Å². The van der Waals surface area contributed by atoms with Crippen LogP contribution in [0.2, 0.25) is 0 Å². The van der Waals surface area contributed by atoms with E-state index in [0.717, 1.165) is 11.1 Å². The van der Waals surface area contributed by atoms with E-state index in [2.05, 4.69) is 21.2 Å². The third-order valence-electron chi connectivity index (χ3n) is 3.28. The van der Waals surface area contributed by atoms with Gasteiger partial charge in [-0.25, -0.2) is 0 Å². The van der Waals surface area contributed by atoms with Gasteiger partial charge < -0.3 is 10.4 Å². The lowest BCUT2D eigenvalue weighted by Gasteiger charge is -2.08. The molecule has 0 saturated carbocycles. The van der Waals surface area contributed by atoms with Crippen molar-refractivity contribution in [2.45, 2.75) is 13.8 Å². The Morgan fingerprint density at radius 1 is 1.26 bits per heavy atom. The molecular weight excluding hydrogens is 356 g/mol. The van der Waals surface area contributed by atoms with Gasteiger partial charge >= 0.3 is 0 Å². The second-order valence-electron chi connectivity index (χ2n) is 5.15. The zero-order chi connectivity index (χ0) is 17.0. The zero-order valence-corrected chi connectivity index (χ0v) is 14.3. The minimum Gasteiger partial charge on any atom is -0.507 e. The number of amides is 1. The van der Waals surface area contributed by atoms with Gasteiger partial charge in [-0.2, -0.15) is 5.26 Å². The summed E-state index contributed by atoms with van der Waals surface area (Å²) in [5, 5.41) is 21.5. The van der Waals surface area contributed by atoms with Gasteiger partial charge in [0.15, 0.2) is 0 Å². The fourth-order valence-corrected chi connectivity index (χ4v) is 2.47. The first-order valence-electron chi connectivity index (χ1n) is 6.89. The maximum Gasteiger partial charge on any atom is 0.266 e. The molecule has 0 aliphatic carbocycles. The van der Waals surface area contributed by atoms with E-state index < -0.39 is 5.91 Å². The summed E-state index contributed by atoms with van der Waals surface area (Å²) in [6.45, 7) is 3.87. The van der Waals surface area contributed by atoms with E-state index in [1.165, 1.54) is 12.1 Å². The molecule has 0 spiro atoms. The third kappa shape index (κ3) is 4.21. The SMILES string of the molecule is Cc1ccc(NC(=O)/C(C#N)=C/c2ccc(O)c(Br)c2)c(C)c1. The van der Waals surface area contributed by atoms with E-state index in [1.54, 1.807) is 12.1 Å². The summed E-state index contributed by atoms with van der Waals surface area (Å²) in [5.74, 6) is -0.371. The van der Waals surface area contributed by atoms with Crippen LogP contribution in [-0.2, 0) is 4.79 Å². The fourth-order valence-electron chi connectivity index (χ4n) is 2.07. The zero-order valence-electron chi connectivity index (χ0n) is 12.7. The monoisotopic (exact) mass is 370 g/mol. The largest absolute Gasteiger partial charge is 0.507 e. The molecule has 116 valence electrons. The molecule has 0 fully saturated rings. The van der Waals surface area contributed by atoms with Crippen LogP contribution >= 0.6 is 15.9 Å². The van der Waals surface area contributed by atoms with E-state index in [-0.39, 0.29) is 11.3 Å². The number of halogens is 1. The van der Waals surface area contributed by atoms with Crippen LogP contribution in [0.1, 0.15) is 16.7 Å². The predicted molar refractivity (Wildman–Crippen MR) is 93.9 cm³/mol. The van der Waals surface area contributed by atoms with E-state index in [0.29, 0.717) is 15.7 Å². The predicted octanol–water partition coefficient (Wildman–Crippen LogP) is 4.32. The summed E-state index contributed by atoms with van der Waals surface area (Å²) in [6, 6.07) is 12.3. The number of carbonyl (C=O) groups is 1. The highest BCUT2D eigenvalue weighted by atomic mass is 79.9. The number of nitriles is 1. The summed E-state index contributed by atoms with van der Waals surface area (Å²) in [5.41, 5.74) is 3.34. The van der Waals surface area contributed by atoms with Gasteiger partial charge in [-0.1, -0.05) is 23.8 Å². The summed E-state index contributed by atoms with van der Waals surface area (Å²) < 4.78 is 0.498. The molecule has 23 heavy (non-hydrogen) atoms. The lowest BCUT2D eigenvalue weighted by molar-refractivity contribution is -0.112. The van der Waals surface area contributed by atoms with Crippen molar-refractivity contribution < 1.29 is 9.90 Å². The van der Waals surface area contributed by atoms with Crippen LogP contribution < -0.4 is 5.32 Å². The highest BCUT2D eigenvalue weighted by Gasteiger charge is 2.11. The van der Waals surface area contributed by atoms with Crippen LogP contribution in [0.3, 0.4) is 0 Å². The minimum atomic E-state index is -0.469. The second kappa shape index (κ2) is 7.12. The molecular formula is C18H15BrN2O2. The third-order valence-corrected chi connectivity index (χ3v) is 3.91. The van der Waals surface area contributed by atoms with Crippen molar-refractivity contribution in [2.24, 2.45) is 0 Å². The first kappa shape index (κ1) is 16.8. The number of hydrogen-bond acceptors (Lipinski definition) is 3. The van der Waals surface area contributed by atoms with Gasteiger partial charge in [-0.05, 0) is 65.2 Å². The normalized spacial score (nSPS) is 11.0. The summed E-state index contributed by atoms with van der Waals surface area (Å²) >= 11 is 3.20. The van der Waals surface area contributed by atoms with Crippen LogP contribution in [-0.4, -0.2) is 11.0 Å². The Kier molecular flexibility index (Phi) is 5.20. The molecule has 2 aromatic rings. The quantitative estimate of drug-likeness (QED) is 0.624. The number of phenolic OH excluding ortho intramolecular Hbond substituents is 1. The Morgan fingerprint density at radius 3 is 2.61 bits per heavy atom. The lowest BCUT2D eigenvalue weighted by Crippen LogP contribution is -2.14. The van der Waals surface area contributed by atoms with E-state index >= 15 is 0 Å². The Morgan fingerprint density at radius 2 is 2.00 bits per heavy atom. The molecule has 0 unspecified atom stereocenters. The van der Waals surface area contributed by atoms with Crippen LogP contribution in [0.25, 0.3) is 6.08 Å². The van der Waals surface area contributed by atoms with Gasteiger partial charge in [0.05, 0.1) is 4.47 Å². The van der Waals surface area contributed by atoms with E-state index in [9.17, 15) is 15.2 Å². The molecule has 2 rings (SSSR count). The first-order valence-corrected chi connectivity index (χ1v) is 7.69. The molecule has 2 N–H and O–H groups in total. The number of nitrogens with zero attached hydrogens (tertiary/aromatic N) is 1. The van der Waals surface area contributed by atoms with Crippen molar-refractivity contribution in [1.82, 2.24) is 0 Å². The average Bonchev–Trinajstić information content (AvgIpc) is 2.51. The number of hydrogen-bond donors (Lipinski definition) is 2. The van der Waals surface area contributed by atoms with Crippen molar-refractivity contribution in [2.75, 3.05) is 5.32 Å². The number of nitrogens with one attached hydrogen (secondary N) is 1. The Labute approximate surface area is 143 Å². The molecule has 0 radical (unpaired) electrons. The number of rotatable bonds is 3. The second-order valence-corrected chi connectivity index (χ2v) is 6.01. The Balaban J connectivity index is 2.26. The molecule has 0 aliphatic heterocycles. The molecule has 0 bridgehead atoms. The van der Waals surface area contributed by atoms with Crippen molar-refractivity contribution in [3.05, 3.63) is 63.1 Å². The van der Waals surface area contributed by atoms with Gasteiger partial charge in [0.2, 0.25) is 0 Å². The molecule has 1 amide bonds.